The Hall–Kier alpha value is -3.28. The number of hydrogen-bond donors (Lipinski definition) is 1. The molecule has 0 radical (unpaired) electrons. The fourth-order valence-corrected chi connectivity index (χ4v) is 4.46. The molecule has 0 spiro atoms. The predicted octanol–water partition coefficient (Wildman–Crippen LogP) is 3.63. The van der Waals surface area contributed by atoms with Crippen molar-refractivity contribution in [1.29, 1.82) is 0 Å². The summed E-state index contributed by atoms with van der Waals surface area (Å²) in [6.45, 7) is 2.15. The number of Topliss-reactive ketones (excluding diaryl/α,β-unsaturated/α-hetero) is 1. The molecule has 1 atom stereocenters. The molecule has 6 heteroatoms. The van der Waals surface area contributed by atoms with Gasteiger partial charge in [-0.25, -0.2) is 0 Å². The summed E-state index contributed by atoms with van der Waals surface area (Å²) in [5, 5.41) is 0.921. The van der Waals surface area contributed by atoms with E-state index in [1.54, 1.807) is 6.20 Å². The Morgan fingerprint density at radius 2 is 1.77 bits per heavy atom. The minimum absolute atomic E-state index is 0.0216. The number of ketones is 1. The van der Waals surface area contributed by atoms with Crippen LogP contribution in [0.15, 0.2) is 54.7 Å². The van der Waals surface area contributed by atoms with Crippen LogP contribution in [0.5, 0.6) is 5.75 Å². The third kappa shape index (κ3) is 3.43. The Labute approximate surface area is 175 Å². The fourth-order valence-electron chi connectivity index (χ4n) is 4.46. The minimum atomic E-state index is -0.589. The van der Waals surface area contributed by atoms with Crippen LogP contribution < -0.4 is 9.64 Å². The Balaban J connectivity index is 1.40. The Kier molecular flexibility index (Phi) is 4.91. The molecule has 1 aromatic heterocycles. The van der Waals surface area contributed by atoms with Crippen LogP contribution in [0.3, 0.4) is 0 Å². The first kappa shape index (κ1) is 18.7. The molecule has 1 N–H and O–H groups in total. The second-order valence-corrected chi connectivity index (χ2v) is 8.01. The van der Waals surface area contributed by atoms with E-state index in [-0.39, 0.29) is 18.2 Å². The van der Waals surface area contributed by atoms with E-state index in [1.807, 2.05) is 58.3 Å². The van der Waals surface area contributed by atoms with E-state index in [0.29, 0.717) is 17.9 Å². The normalized spacial score (nSPS) is 18.7. The van der Waals surface area contributed by atoms with Crippen LogP contribution in [0.2, 0.25) is 0 Å². The third-order valence-corrected chi connectivity index (χ3v) is 6.03. The van der Waals surface area contributed by atoms with Gasteiger partial charge in [-0.3, -0.25) is 9.59 Å². The summed E-state index contributed by atoms with van der Waals surface area (Å²) in [6, 6.07) is 15.4. The molecule has 0 aliphatic carbocycles. The van der Waals surface area contributed by atoms with Gasteiger partial charge in [-0.2, -0.15) is 0 Å². The van der Waals surface area contributed by atoms with E-state index in [1.165, 1.54) is 6.42 Å². The second-order valence-electron chi connectivity index (χ2n) is 8.01. The molecule has 154 valence electrons. The van der Waals surface area contributed by atoms with Crippen molar-refractivity contribution in [2.24, 2.45) is 0 Å². The summed E-state index contributed by atoms with van der Waals surface area (Å²) in [7, 11) is 0. The third-order valence-electron chi connectivity index (χ3n) is 6.03. The molecule has 2 aliphatic rings. The summed E-state index contributed by atoms with van der Waals surface area (Å²) in [5.41, 5.74) is 2.48. The number of H-pyrrole nitrogens is 1. The molecule has 30 heavy (non-hydrogen) atoms. The average molecular weight is 403 g/mol. The smallest absolute Gasteiger partial charge is 0.265 e. The van der Waals surface area contributed by atoms with E-state index in [0.717, 1.165) is 42.5 Å². The van der Waals surface area contributed by atoms with Crippen LogP contribution in [0, 0.1) is 0 Å². The molecule has 2 aliphatic heterocycles. The van der Waals surface area contributed by atoms with Crippen LogP contribution in [0.4, 0.5) is 5.69 Å². The Morgan fingerprint density at radius 1 is 1.00 bits per heavy atom. The Morgan fingerprint density at radius 3 is 2.63 bits per heavy atom. The highest BCUT2D eigenvalue weighted by atomic mass is 16.5. The zero-order chi connectivity index (χ0) is 20.5. The van der Waals surface area contributed by atoms with Crippen molar-refractivity contribution in [3.05, 3.63) is 60.3 Å². The van der Waals surface area contributed by atoms with Crippen LogP contribution in [-0.4, -0.2) is 53.9 Å². The van der Waals surface area contributed by atoms with Gasteiger partial charge in [0.2, 0.25) is 0 Å². The molecule has 1 fully saturated rings. The highest BCUT2D eigenvalue weighted by molar-refractivity contribution is 6.09. The van der Waals surface area contributed by atoms with Gasteiger partial charge in [-0.05, 0) is 37.5 Å². The predicted molar refractivity (Wildman–Crippen MR) is 116 cm³/mol. The van der Waals surface area contributed by atoms with Gasteiger partial charge in [0.25, 0.3) is 5.91 Å². The molecular weight excluding hydrogens is 378 g/mol. The van der Waals surface area contributed by atoms with Gasteiger partial charge in [-0.1, -0.05) is 30.3 Å². The standard InChI is InChI=1S/C24H25N3O3/c28-21(18-14-25-19-9-3-2-8-17(18)19)15-27-16-23(24(29)26-12-6-1-7-13-26)30-22-11-5-4-10-20(22)27/h2-5,8-11,14,23,25H,1,6-7,12-13,15-16H2. The molecule has 6 nitrogen and oxygen atoms in total. The van der Waals surface area contributed by atoms with Gasteiger partial charge < -0.3 is 19.5 Å². The lowest BCUT2D eigenvalue weighted by molar-refractivity contribution is -0.139. The zero-order valence-electron chi connectivity index (χ0n) is 16.8. The number of para-hydroxylation sites is 3. The van der Waals surface area contributed by atoms with Crippen LogP contribution in [0.25, 0.3) is 10.9 Å². The number of carbonyl (C=O) groups excluding carboxylic acids is 2. The quantitative estimate of drug-likeness (QED) is 0.676. The number of nitrogens with one attached hydrogen (secondary N) is 1. The molecule has 0 saturated carbocycles. The Bertz CT molecular complexity index is 1080. The highest BCUT2D eigenvalue weighted by Gasteiger charge is 2.34. The van der Waals surface area contributed by atoms with Crippen molar-refractivity contribution >= 4 is 28.3 Å². The van der Waals surface area contributed by atoms with Crippen molar-refractivity contribution < 1.29 is 14.3 Å². The fraction of sp³-hybridized carbons (Fsp3) is 0.333. The number of carbonyl (C=O) groups is 2. The number of rotatable bonds is 4. The molecule has 1 unspecified atom stereocenters. The SMILES string of the molecule is O=C(CN1CC(C(=O)N2CCCCC2)Oc2ccccc21)c1c[nH]c2ccccc12. The van der Waals surface area contributed by atoms with Gasteiger partial charge in [0, 0.05) is 35.8 Å². The van der Waals surface area contributed by atoms with E-state index in [2.05, 4.69) is 4.98 Å². The number of nitrogens with zero attached hydrogens (tertiary/aromatic N) is 2. The van der Waals surface area contributed by atoms with Crippen LogP contribution in [0.1, 0.15) is 29.6 Å². The maximum Gasteiger partial charge on any atom is 0.265 e. The van der Waals surface area contributed by atoms with Gasteiger partial charge in [0.15, 0.2) is 11.9 Å². The lowest BCUT2D eigenvalue weighted by Gasteiger charge is -2.38. The van der Waals surface area contributed by atoms with Gasteiger partial charge in [-0.15, -0.1) is 0 Å². The number of amides is 1. The van der Waals surface area contributed by atoms with Crippen LogP contribution >= 0.6 is 0 Å². The first-order chi connectivity index (χ1) is 14.7. The molecule has 1 saturated heterocycles. The monoisotopic (exact) mass is 403 g/mol. The number of benzene rings is 2. The molecule has 3 aromatic rings. The average Bonchev–Trinajstić information content (AvgIpc) is 3.23. The van der Waals surface area contributed by atoms with E-state index in [4.69, 9.17) is 4.74 Å². The lowest BCUT2D eigenvalue weighted by atomic mass is 10.1. The van der Waals surface area contributed by atoms with E-state index < -0.39 is 6.10 Å². The number of fused-ring (bicyclic) bond motifs is 2. The maximum absolute atomic E-state index is 13.2. The molecule has 2 aromatic carbocycles. The summed E-state index contributed by atoms with van der Waals surface area (Å²) in [6.07, 6.45) is 4.43. The van der Waals surface area contributed by atoms with Gasteiger partial charge in [0.1, 0.15) is 5.75 Å². The summed E-state index contributed by atoms with van der Waals surface area (Å²) in [4.78, 5) is 33.3. The number of ether oxygens (including phenoxy) is 1. The van der Waals surface area contributed by atoms with Crippen LogP contribution in [-0.2, 0) is 4.79 Å². The van der Waals surface area contributed by atoms with Crippen molar-refractivity contribution in [3.63, 3.8) is 0 Å². The van der Waals surface area contributed by atoms with Crippen molar-refractivity contribution in [3.8, 4) is 5.75 Å². The summed E-state index contributed by atoms with van der Waals surface area (Å²) >= 11 is 0. The number of hydrogen-bond acceptors (Lipinski definition) is 4. The highest BCUT2D eigenvalue weighted by Crippen LogP contribution is 2.34. The minimum Gasteiger partial charge on any atom is -0.477 e. The molecule has 0 bridgehead atoms. The summed E-state index contributed by atoms with van der Waals surface area (Å²) < 4.78 is 6.07. The topological polar surface area (TPSA) is 65.6 Å². The molecule has 3 heterocycles. The molecule has 1 amide bonds. The van der Waals surface area contributed by atoms with E-state index >= 15 is 0 Å². The first-order valence-corrected chi connectivity index (χ1v) is 10.6. The summed E-state index contributed by atoms with van der Waals surface area (Å²) in [5.74, 6) is 0.702. The molecule has 5 rings (SSSR count). The zero-order valence-corrected chi connectivity index (χ0v) is 16.8. The number of anilines is 1. The molecular formula is C24H25N3O3. The van der Waals surface area contributed by atoms with E-state index in [9.17, 15) is 9.59 Å². The number of piperidine rings is 1. The van der Waals surface area contributed by atoms with Crippen molar-refractivity contribution in [2.45, 2.75) is 25.4 Å². The number of likely N-dealkylation sites (tertiary alicyclic amines) is 1. The largest absolute Gasteiger partial charge is 0.477 e. The first-order valence-electron chi connectivity index (χ1n) is 10.6. The maximum atomic E-state index is 13.2. The van der Waals surface area contributed by atoms with Gasteiger partial charge in [0.05, 0.1) is 18.8 Å². The van der Waals surface area contributed by atoms with Crippen molar-refractivity contribution in [1.82, 2.24) is 9.88 Å². The number of aromatic nitrogens is 1. The lowest BCUT2D eigenvalue weighted by Crippen LogP contribution is -2.52. The number of aromatic amines is 1. The van der Waals surface area contributed by atoms with Crippen molar-refractivity contribution in [2.75, 3.05) is 31.1 Å². The second kappa shape index (κ2) is 7.86. The van der Waals surface area contributed by atoms with Gasteiger partial charge >= 0.3 is 0 Å².